The third-order valence-corrected chi connectivity index (χ3v) is 11.0. The number of rotatable bonds is 15. The Labute approximate surface area is 228 Å². The van der Waals surface area contributed by atoms with Gasteiger partial charge in [0.15, 0.2) is 5.78 Å². The number of ether oxygens (including phenoxy) is 1. The lowest BCUT2D eigenvalue weighted by molar-refractivity contribution is -0.159. The quantitative estimate of drug-likeness (QED) is 0.162. The number of carbonyl (C=O) groups is 2. The number of carbonyl (C=O) groups excluding carboxylic acids is 2. The Morgan fingerprint density at radius 1 is 0.811 bits per heavy atom. The van der Waals surface area contributed by atoms with Gasteiger partial charge in [-0.1, -0.05) is 96.5 Å². The van der Waals surface area contributed by atoms with Gasteiger partial charge in [0.05, 0.1) is 0 Å². The monoisotopic (exact) mass is 512 g/mol. The molecule has 0 aromatic carbocycles. The number of fused-ring (bicyclic) bond motifs is 5. The number of hydrogen-bond acceptors (Lipinski definition) is 3. The summed E-state index contributed by atoms with van der Waals surface area (Å²) in [6.45, 7) is 4.71. The van der Waals surface area contributed by atoms with E-state index in [0.717, 1.165) is 43.9 Å². The lowest BCUT2D eigenvalue weighted by atomic mass is 9.52. The molecule has 3 saturated carbocycles. The lowest BCUT2D eigenvalue weighted by Gasteiger charge is -2.53. The summed E-state index contributed by atoms with van der Waals surface area (Å²) < 4.78 is 6.20. The molecule has 0 amide bonds. The van der Waals surface area contributed by atoms with Crippen LogP contribution in [-0.2, 0) is 14.3 Å². The summed E-state index contributed by atoms with van der Waals surface area (Å²) in [5, 5.41) is 0. The molecule has 0 aliphatic heterocycles. The molecule has 3 heteroatoms. The van der Waals surface area contributed by atoms with Crippen LogP contribution in [-0.4, -0.2) is 17.9 Å². The first-order valence-electron chi connectivity index (χ1n) is 16.5. The first-order valence-corrected chi connectivity index (χ1v) is 16.5. The van der Waals surface area contributed by atoms with E-state index in [9.17, 15) is 9.59 Å². The van der Waals surface area contributed by atoms with Crippen molar-refractivity contribution in [2.45, 2.75) is 161 Å². The molecule has 4 aliphatic rings. The Morgan fingerprint density at radius 3 is 2.14 bits per heavy atom. The minimum atomic E-state index is 0.0525. The molecule has 0 radical (unpaired) electrons. The van der Waals surface area contributed by atoms with E-state index in [1.165, 1.54) is 108 Å². The van der Waals surface area contributed by atoms with Crippen molar-refractivity contribution in [1.29, 1.82) is 0 Å². The van der Waals surface area contributed by atoms with Crippen LogP contribution in [0, 0.1) is 29.1 Å². The molecule has 210 valence electrons. The molecule has 3 nitrogen and oxygen atoms in total. The van der Waals surface area contributed by atoms with Crippen LogP contribution >= 0.6 is 0 Å². The van der Waals surface area contributed by atoms with E-state index in [1.54, 1.807) is 0 Å². The van der Waals surface area contributed by atoms with Crippen LogP contribution in [0.3, 0.4) is 0 Å². The van der Waals surface area contributed by atoms with E-state index in [1.807, 2.05) is 6.08 Å². The summed E-state index contributed by atoms with van der Waals surface area (Å²) in [6, 6.07) is 0. The van der Waals surface area contributed by atoms with E-state index in [0.29, 0.717) is 24.0 Å². The van der Waals surface area contributed by atoms with Crippen LogP contribution in [0.2, 0.25) is 0 Å². The Hall–Kier alpha value is -1.12. The molecule has 0 heterocycles. The summed E-state index contributed by atoms with van der Waals surface area (Å²) in [7, 11) is 0. The molecular formula is C34H56O3. The number of esters is 1. The highest BCUT2D eigenvalue weighted by Crippen LogP contribution is 2.62. The molecule has 3 fully saturated rings. The molecule has 6 unspecified atom stereocenters. The fourth-order valence-electron chi connectivity index (χ4n) is 8.83. The van der Waals surface area contributed by atoms with Gasteiger partial charge >= 0.3 is 5.97 Å². The van der Waals surface area contributed by atoms with E-state index in [-0.39, 0.29) is 17.5 Å². The van der Waals surface area contributed by atoms with Gasteiger partial charge in [0.25, 0.3) is 0 Å². The predicted molar refractivity (Wildman–Crippen MR) is 152 cm³/mol. The highest BCUT2D eigenvalue weighted by Gasteiger charge is 2.57. The number of allylic oxidation sites excluding steroid dienone is 1. The maximum atomic E-state index is 12.8. The number of ketones is 1. The molecule has 0 bridgehead atoms. The summed E-state index contributed by atoms with van der Waals surface area (Å²) in [6.07, 6.45) is 28.9. The molecule has 37 heavy (non-hydrogen) atoms. The van der Waals surface area contributed by atoms with Crippen LogP contribution in [0.15, 0.2) is 11.6 Å². The topological polar surface area (TPSA) is 43.4 Å². The fraction of sp³-hybridized carbons (Fsp3) is 0.882. The van der Waals surface area contributed by atoms with Gasteiger partial charge in [-0.3, -0.25) is 9.59 Å². The molecule has 4 aliphatic carbocycles. The molecule has 0 spiro atoms. The third-order valence-electron chi connectivity index (χ3n) is 11.0. The Bertz CT molecular complexity index is 769. The fourth-order valence-corrected chi connectivity index (χ4v) is 8.83. The van der Waals surface area contributed by atoms with Crippen molar-refractivity contribution in [2.75, 3.05) is 0 Å². The molecule has 0 aromatic heterocycles. The SMILES string of the molecule is CCCCCCCCCCCCCCCC(=O)OC1CCC2C3CCC4=CC(=O)CCC4C3CCC12C. The summed E-state index contributed by atoms with van der Waals surface area (Å²) in [4.78, 5) is 24.7. The first-order chi connectivity index (χ1) is 18.0. The third kappa shape index (κ3) is 7.51. The summed E-state index contributed by atoms with van der Waals surface area (Å²) in [5.74, 6) is 3.27. The molecule has 6 atom stereocenters. The summed E-state index contributed by atoms with van der Waals surface area (Å²) in [5.41, 5.74) is 1.62. The average molecular weight is 513 g/mol. The highest BCUT2D eigenvalue weighted by molar-refractivity contribution is 5.91. The van der Waals surface area contributed by atoms with Crippen molar-refractivity contribution >= 4 is 11.8 Å². The minimum absolute atomic E-state index is 0.0525. The normalized spacial score (nSPS) is 32.9. The smallest absolute Gasteiger partial charge is 0.306 e. The minimum Gasteiger partial charge on any atom is -0.462 e. The maximum Gasteiger partial charge on any atom is 0.306 e. The summed E-state index contributed by atoms with van der Waals surface area (Å²) >= 11 is 0. The van der Waals surface area contributed by atoms with Crippen LogP contribution in [0.1, 0.15) is 155 Å². The first kappa shape index (κ1) is 28.9. The molecule has 0 N–H and O–H groups in total. The molecule has 0 saturated heterocycles. The van der Waals surface area contributed by atoms with Gasteiger partial charge in [-0.15, -0.1) is 0 Å². The van der Waals surface area contributed by atoms with Gasteiger partial charge in [0.1, 0.15) is 6.10 Å². The van der Waals surface area contributed by atoms with Crippen molar-refractivity contribution < 1.29 is 14.3 Å². The lowest BCUT2D eigenvalue weighted by Crippen LogP contribution is -2.48. The van der Waals surface area contributed by atoms with Gasteiger partial charge in [-0.05, 0) is 81.1 Å². The van der Waals surface area contributed by atoms with Crippen molar-refractivity contribution in [3.05, 3.63) is 11.6 Å². The van der Waals surface area contributed by atoms with Crippen molar-refractivity contribution in [1.82, 2.24) is 0 Å². The largest absolute Gasteiger partial charge is 0.462 e. The predicted octanol–water partition coefficient (Wildman–Crippen LogP) is 9.52. The average Bonchev–Trinajstić information content (AvgIpc) is 3.22. The van der Waals surface area contributed by atoms with Gasteiger partial charge in [-0.2, -0.15) is 0 Å². The van der Waals surface area contributed by atoms with Crippen LogP contribution in [0.4, 0.5) is 0 Å². The van der Waals surface area contributed by atoms with E-state index in [4.69, 9.17) is 4.74 Å². The van der Waals surface area contributed by atoms with Gasteiger partial charge < -0.3 is 4.74 Å². The Kier molecular flexibility index (Phi) is 11.2. The van der Waals surface area contributed by atoms with E-state index < -0.39 is 0 Å². The van der Waals surface area contributed by atoms with Crippen molar-refractivity contribution in [3.8, 4) is 0 Å². The standard InChI is InChI=1S/C34H56O3/c1-3-4-5-6-7-8-9-10-11-12-13-14-15-16-33(36)37-32-22-21-31-30-19-17-26-25-27(35)18-20-28(26)29(30)23-24-34(31,32)2/h25,28-32H,3-24H2,1-2H3. The number of hydrogen-bond donors (Lipinski definition) is 0. The van der Waals surface area contributed by atoms with Crippen LogP contribution in [0.5, 0.6) is 0 Å². The van der Waals surface area contributed by atoms with Crippen LogP contribution < -0.4 is 0 Å². The highest BCUT2D eigenvalue weighted by atomic mass is 16.5. The Balaban J connectivity index is 1.09. The zero-order valence-electron chi connectivity index (χ0n) is 24.2. The van der Waals surface area contributed by atoms with Gasteiger partial charge in [0, 0.05) is 18.3 Å². The zero-order chi connectivity index (χ0) is 26.1. The van der Waals surface area contributed by atoms with Gasteiger partial charge in [0.2, 0.25) is 0 Å². The number of unbranched alkanes of at least 4 members (excludes halogenated alkanes) is 12. The van der Waals surface area contributed by atoms with Crippen molar-refractivity contribution in [2.24, 2.45) is 29.1 Å². The Morgan fingerprint density at radius 2 is 1.46 bits per heavy atom. The van der Waals surface area contributed by atoms with Crippen molar-refractivity contribution in [3.63, 3.8) is 0 Å². The molecule has 4 rings (SSSR count). The van der Waals surface area contributed by atoms with E-state index >= 15 is 0 Å². The van der Waals surface area contributed by atoms with E-state index in [2.05, 4.69) is 13.8 Å². The van der Waals surface area contributed by atoms with Crippen LogP contribution in [0.25, 0.3) is 0 Å². The molecule has 0 aromatic rings. The second-order valence-corrected chi connectivity index (χ2v) is 13.4. The maximum absolute atomic E-state index is 12.8. The second kappa shape index (κ2) is 14.3. The van der Waals surface area contributed by atoms with Gasteiger partial charge in [-0.25, -0.2) is 0 Å². The second-order valence-electron chi connectivity index (χ2n) is 13.4. The zero-order valence-corrected chi connectivity index (χ0v) is 24.2. The molecular weight excluding hydrogens is 456 g/mol.